The van der Waals surface area contributed by atoms with Crippen molar-refractivity contribution in [3.05, 3.63) is 87.4 Å². The number of para-hydroxylation sites is 1. The summed E-state index contributed by atoms with van der Waals surface area (Å²) >= 11 is 6.51. The van der Waals surface area contributed by atoms with Gasteiger partial charge in [-0.15, -0.1) is 0 Å². The van der Waals surface area contributed by atoms with Crippen LogP contribution in [-0.4, -0.2) is 38.7 Å². The number of carbonyl (C=O) groups excluding carboxylic acids is 1. The van der Waals surface area contributed by atoms with Crippen LogP contribution >= 0.6 is 11.6 Å². The Labute approximate surface area is 204 Å². The van der Waals surface area contributed by atoms with Crippen LogP contribution in [-0.2, 0) is 4.74 Å². The number of pyridine rings is 1. The van der Waals surface area contributed by atoms with Gasteiger partial charge in [0.25, 0.3) is 5.56 Å². The van der Waals surface area contributed by atoms with Crippen LogP contribution in [0.2, 0.25) is 5.02 Å². The first kappa shape index (κ1) is 21.6. The maximum Gasteiger partial charge on any atom is 0.276 e. The topological polar surface area (TPSA) is 102 Å². The van der Waals surface area contributed by atoms with Gasteiger partial charge in [0.1, 0.15) is 17.1 Å². The van der Waals surface area contributed by atoms with Gasteiger partial charge in [0.05, 0.1) is 32.9 Å². The van der Waals surface area contributed by atoms with E-state index in [1.165, 1.54) is 0 Å². The van der Waals surface area contributed by atoms with Gasteiger partial charge in [0.2, 0.25) is 0 Å². The molecule has 3 aromatic heterocycles. The molecule has 35 heavy (non-hydrogen) atoms. The summed E-state index contributed by atoms with van der Waals surface area (Å²) in [7, 11) is 0. The molecule has 4 heterocycles. The van der Waals surface area contributed by atoms with E-state index in [0.717, 1.165) is 12.8 Å². The van der Waals surface area contributed by atoms with Crippen LogP contribution in [0, 0.1) is 0 Å². The molecule has 8 nitrogen and oxygen atoms in total. The standard InChI is InChI=1S/C26H21ClN4O4/c27-21-12-17(35-16-4-2-1-3-5-16)6-7-18(21)24(32)19-13-28-25-22(19)23-20(14-29-25)26(33)31(30-23)15-8-10-34-11-9-15/h1-7,12-15,30H,8-11H2,(H,28,29). The zero-order valence-corrected chi connectivity index (χ0v) is 19.3. The zero-order valence-electron chi connectivity index (χ0n) is 18.6. The number of ether oxygens (including phenoxy) is 2. The second kappa shape index (κ2) is 8.72. The van der Waals surface area contributed by atoms with E-state index in [2.05, 4.69) is 15.1 Å². The zero-order chi connectivity index (χ0) is 23.9. The van der Waals surface area contributed by atoms with Gasteiger partial charge in [0, 0.05) is 37.2 Å². The highest BCUT2D eigenvalue weighted by atomic mass is 35.5. The lowest BCUT2D eigenvalue weighted by atomic mass is 10.0. The minimum atomic E-state index is -0.276. The smallest absolute Gasteiger partial charge is 0.276 e. The fraction of sp³-hybridized carbons (Fsp3) is 0.192. The fourth-order valence-corrected chi connectivity index (χ4v) is 4.82. The van der Waals surface area contributed by atoms with Crippen molar-refractivity contribution in [3.8, 4) is 11.5 Å². The average Bonchev–Trinajstić information content (AvgIpc) is 3.46. The number of hydrogen-bond donors (Lipinski definition) is 2. The van der Waals surface area contributed by atoms with Crippen LogP contribution in [0.3, 0.4) is 0 Å². The Balaban J connectivity index is 1.40. The van der Waals surface area contributed by atoms with Gasteiger partial charge < -0.3 is 14.5 Å². The lowest BCUT2D eigenvalue weighted by molar-refractivity contribution is 0.0656. The van der Waals surface area contributed by atoms with E-state index in [9.17, 15) is 9.59 Å². The molecule has 1 saturated heterocycles. The Morgan fingerprint density at radius 3 is 2.66 bits per heavy atom. The first-order valence-corrected chi connectivity index (χ1v) is 11.7. The van der Waals surface area contributed by atoms with Crippen LogP contribution in [0.5, 0.6) is 11.5 Å². The third-order valence-corrected chi connectivity index (χ3v) is 6.66. The molecule has 176 valence electrons. The predicted octanol–water partition coefficient (Wildman–Crippen LogP) is 5.23. The average molecular weight is 489 g/mol. The third kappa shape index (κ3) is 3.80. The summed E-state index contributed by atoms with van der Waals surface area (Å²) in [6, 6.07) is 14.3. The summed E-state index contributed by atoms with van der Waals surface area (Å²) in [4.78, 5) is 34.1. The molecule has 0 aliphatic carbocycles. The number of aromatic nitrogens is 4. The van der Waals surface area contributed by atoms with Crippen LogP contribution in [0.4, 0.5) is 0 Å². The Bertz CT molecular complexity index is 1610. The minimum Gasteiger partial charge on any atom is -0.457 e. The molecule has 5 aromatic rings. The highest BCUT2D eigenvalue weighted by Gasteiger charge is 2.24. The molecule has 2 aromatic carbocycles. The lowest BCUT2D eigenvalue weighted by Crippen LogP contribution is -2.27. The molecule has 0 amide bonds. The van der Waals surface area contributed by atoms with E-state index in [-0.39, 0.29) is 22.4 Å². The van der Waals surface area contributed by atoms with Crippen LogP contribution in [0.1, 0.15) is 34.8 Å². The van der Waals surface area contributed by atoms with Crippen molar-refractivity contribution >= 4 is 39.3 Å². The first-order chi connectivity index (χ1) is 17.1. The summed E-state index contributed by atoms with van der Waals surface area (Å²) in [5.41, 5.74) is 1.66. The second-order valence-electron chi connectivity index (χ2n) is 8.49. The van der Waals surface area contributed by atoms with Crippen molar-refractivity contribution in [1.29, 1.82) is 0 Å². The number of benzene rings is 2. The van der Waals surface area contributed by atoms with Crippen molar-refractivity contribution in [3.63, 3.8) is 0 Å². The Hall–Kier alpha value is -3.88. The summed E-state index contributed by atoms with van der Waals surface area (Å²) in [5, 5.41) is 4.52. The van der Waals surface area contributed by atoms with Gasteiger partial charge in [-0.05, 0) is 37.1 Å². The lowest BCUT2D eigenvalue weighted by Gasteiger charge is -2.22. The number of ketones is 1. The Morgan fingerprint density at radius 1 is 1.09 bits per heavy atom. The van der Waals surface area contributed by atoms with Crippen molar-refractivity contribution in [1.82, 2.24) is 19.7 Å². The number of aromatic amines is 2. The van der Waals surface area contributed by atoms with Crippen molar-refractivity contribution in [2.45, 2.75) is 18.9 Å². The molecule has 1 fully saturated rings. The largest absolute Gasteiger partial charge is 0.457 e. The molecule has 0 unspecified atom stereocenters. The summed E-state index contributed by atoms with van der Waals surface area (Å²) in [6.45, 7) is 1.22. The van der Waals surface area contributed by atoms with Gasteiger partial charge in [-0.25, -0.2) is 9.67 Å². The van der Waals surface area contributed by atoms with E-state index in [1.54, 1.807) is 35.3 Å². The summed E-state index contributed by atoms with van der Waals surface area (Å²) in [5.74, 6) is 0.922. The van der Waals surface area contributed by atoms with E-state index in [1.807, 2.05) is 30.3 Å². The highest BCUT2D eigenvalue weighted by Crippen LogP contribution is 2.31. The van der Waals surface area contributed by atoms with Gasteiger partial charge in [-0.2, -0.15) is 0 Å². The van der Waals surface area contributed by atoms with Gasteiger partial charge in [-0.1, -0.05) is 29.8 Å². The van der Waals surface area contributed by atoms with Crippen molar-refractivity contribution in [2.75, 3.05) is 13.2 Å². The molecule has 1 aliphatic heterocycles. The molecule has 0 saturated carbocycles. The number of fused-ring (bicyclic) bond motifs is 3. The van der Waals surface area contributed by atoms with Gasteiger partial charge >= 0.3 is 0 Å². The maximum absolute atomic E-state index is 13.6. The number of carbonyl (C=O) groups is 1. The van der Waals surface area contributed by atoms with Gasteiger partial charge in [-0.3, -0.25) is 14.7 Å². The third-order valence-electron chi connectivity index (χ3n) is 6.35. The molecule has 2 N–H and O–H groups in total. The van der Waals surface area contributed by atoms with Crippen molar-refractivity contribution < 1.29 is 14.3 Å². The second-order valence-corrected chi connectivity index (χ2v) is 8.90. The van der Waals surface area contributed by atoms with Crippen molar-refractivity contribution in [2.24, 2.45) is 0 Å². The SMILES string of the molecule is O=C(c1ccc(Oc2ccccc2)cc1Cl)c1c[nH]c2ncc3c(=O)n(C4CCOCC4)[nH]c3c12. The maximum atomic E-state index is 13.6. The predicted molar refractivity (Wildman–Crippen MR) is 133 cm³/mol. The Morgan fingerprint density at radius 2 is 1.89 bits per heavy atom. The summed E-state index contributed by atoms with van der Waals surface area (Å²) in [6.07, 6.45) is 4.64. The number of rotatable bonds is 5. The molecule has 0 spiro atoms. The van der Waals surface area contributed by atoms with E-state index >= 15 is 0 Å². The van der Waals surface area contributed by atoms with E-state index in [4.69, 9.17) is 21.1 Å². The van der Waals surface area contributed by atoms with Crippen LogP contribution in [0.15, 0.2) is 65.7 Å². The number of H-pyrrole nitrogens is 2. The Kier molecular flexibility index (Phi) is 5.39. The number of halogens is 1. The number of nitrogens with zero attached hydrogens (tertiary/aromatic N) is 2. The molecule has 9 heteroatoms. The van der Waals surface area contributed by atoms with Crippen LogP contribution < -0.4 is 10.3 Å². The number of hydrogen-bond acceptors (Lipinski definition) is 5. The molecule has 0 radical (unpaired) electrons. The van der Waals surface area contributed by atoms with E-state index in [0.29, 0.717) is 57.8 Å². The van der Waals surface area contributed by atoms with Gasteiger partial charge in [0.15, 0.2) is 5.78 Å². The quantitative estimate of drug-likeness (QED) is 0.330. The minimum absolute atomic E-state index is 0.0170. The van der Waals surface area contributed by atoms with E-state index < -0.39 is 0 Å². The molecule has 0 bridgehead atoms. The normalized spacial score (nSPS) is 14.5. The molecule has 6 rings (SSSR count). The summed E-state index contributed by atoms with van der Waals surface area (Å²) < 4.78 is 12.9. The number of nitrogens with one attached hydrogen (secondary N) is 2. The molecular formula is C26H21ClN4O4. The first-order valence-electron chi connectivity index (χ1n) is 11.4. The van der Waals surface area contributed by atoms with Crippen LogP contribution in [0.25, 0.3) is 21.9 Å². The molecule has 0 atom stereocenters. The monoisotopic (exact) mass is 488 g/mol. The fourth-order valence-electron chi connectivity index (χ4n) is 4.57. The molecule has 1 aliphatic rings. The highest BCUT2D eigenvalue weighted by molar-refractivity contribution is 6.36. The molecular weight excluding hydrogens is 468 g/mol.